The predicted molar refractivity (Wildman–Crippen MR) is 67.3 cm³/mol. The van der Waals surface area contributed by atoms with Gasteiger partial charge in [0.25, 0.3) is 0 Å². The molecule has 0 fully saturated rings. The van der Waals surface area contributed by atoms with Gasteiger partial charge in [0.15, 0.2) is 6.07 Å². The van der Waals surface area contributed by atoms with Gasteiger partial charge in [0.2, 0.25) is 0 Å². The zero-order valence-electron chi connectivity index (χ0n) is 10.6. The van der Waals surface area contributed by atoms with Gasteiger partial charge in [-0.2, -0.15) is 5.26 Å². The second-order valence-electron chi connectivity index (χ2n) is 5.10. The lowest BCUT2D eigenvalue weighted by Crippen LogP contribution is -2.36. The van der Waals surface area contributed by atoms with E-state index in [1.165, 1.54) is 5.56 Å². The first-order valence-electron chi connectivity index (χ1n) is 5.97. The van der Waals surface area contributed by atoms with E-state index in [4.69, 9.17) is 10.00 Å². The van der Waals surface area contributed by atoms with Gasteiger partial charge in [0.05, 0.1) is 6.61 Å². The molecule has 18 heavy (non-hydrogen) atoms. The van der Waals surface area contributed by atoms with Crippen LogP contribution in [0.5, 0.6) is 5.75 Å². The van der Waals surface area contributed by atoms with E-state index < -0.39 is 5.91 Å². The summed E-state index contributed by atoms with van der Waals surface area (Å²) in [5.41, 5.74) is 2.15. The highest BCUT2D eigenvalue weighted by molar-refractivity contribution is 5.91. The van der Waals surface area contributed by atoms with Crippen molar-refractivity contribution in [3.63, 3.8) is 0 Å². The molecule has 0 saturated heterocycles. The number of nitriles is 1. The van der Waals surface area contributed by atoms with Crippen molar-refractivity contribution in [2.24, 2.45) is 0 Å². The zero-order valence-corrected chi connectivity index (χ0v) is 10.6. The summed E-state index contributed by atoms with van der Waals surface area (Å²) in [6.45, 7) is 5.27. The van der Waals surface area contributed by atoms with E-state index in [2.05, 4.69) is 11.4 Å². The minimum Gasteiger partial charge on any atom is -0.493 e. The predicted octanol–water partition coefficient (Wildman–Crippen LogP) is 1.54. The number of fused-ring (bicyclic) bond motifs is 1. The molecule has 1 N–H and O–H groups in total. The van der Waals surface area contributed by atoms with Gasteiger partial charge in [0, 0.05) is 18.4 Å². The smallest absolute Gasteiger partial charge is 0.322 e. The van der Waals surface area contributed by atoms with Crippen LogP contribution in [0.15, 0.2) is 18.2 Å². The van der Waals surface area contributed by atoms with Crippen LogP contribution < -0.4 is 10.1 Å². The highest BCUT2D eigenvalue weighted by Gasteiger charge is 2.23. The molecule has 0 spiro atoms. The van der Waals surface area contributed by atoms with Gasteiger partial charge in [-0.15, -0.1) is 0 Å². The van der Waals surface area contributed by atoms with Crippen LogP contribution in [0.3, 0.4) is 0 Å². The number of hydrogen-bond donors (Lipinski definition) is 1. The normalized spacial score (nSPS) is 13.4. The quantitative estimate of drug-likeness (QED) is 0.820. The fraction of sp³-hybridized carbons (Fsp3) is 0.429. The Morgan fingerprint density at radius 2 is 2.33 bits per heavy atom. The van der Waals surface area contributed by atoms with Crippen molar-refractivity contribution in [3.8, 4) is 11.8 Å². The number of benzene rings is 1. The van der Waals surface area contributed by atoms with Gasteiger partial charge in [-0.3, -0.25) is 4.79 Å². The summed E-state index contributed by atoms with van der Waals surface area (Å²) >= 11 is 0. The van der Waals surface area contributed by atoms with Gasteiger partial charge in [-0.25, -0.2) is 0 Å². The van der Waals surface area contributed by atoms with Gasteiger partial charge >= 0.3 is 5.91 Å². The molecule has 94 valence electrons. The van der Waals surface area contributed by atoms with Crippen LogP contribution in [0.2, 0.25) is 0 Å². The zero-order chi connectivity index (χ0) is 13.2. The van der Waals surface area contributed by atoms with E-state index in [1.54, 1.807) is 6.07 Å². The molecule has 0 aliphatic carbocycles. The SMILES string of the molecule is CC(C)(CNC(=O)C#N)c1ccc2c(c1)CCO2. The molecule has 1 aliphatic rings. The minimum absolute atomic E-state index is 0.204. The summed E-state index contributed by atoms with van der Waals surface area (Å²) in [6.07, 6.45) is 0.934. The third kappa shape index (κ3) is 2.45. The Kier molecular flexibility index (Phi) is 3.24. The molecular formula is C14H16N2O2. The van der Waals surface area contributed by atoms with Crippen molar-refractivity contribution < 1.29 is 9.53 Å². The summed E-state index contributed by atoms with van der Waals surface area (Å²) in [7, 11) is 0. The largest absolute Gasteiger partial charge is 0.493 e. The lowest BCUT2D eigenvalue weighted by molar-refractivity contribution is -0.116. The van der Waals surface area contributed by atoms with Gasteiger partial charge in [-0.05, 0) is 17.2 Å². The lowest BCUT2D eigenvalue weighted by Gasteiger charge is -2.25. The standard InChI is InChI=1S/C14H16N2O2/c1-14(2,9-16-13(17)8-15)11-3-4-12-10(7-11)5-6-18-12/h3-4,7H,5-6,9H2,1-2H3,(H,16,17). The number of carbonyl (C=O) groups excluding carboxylic acids is 1. The van der Waals surface area contributed by atoms with Crippen LogP contribution in [0, 0.1) is 11.3 Å². The number of rotatable bonds is 3. The van der Waals surface area contributed by atoms with Crippen LogP contribution in [0.4, 0.5) is 0 Å². The van der Waals surface area contributed by atoms with Gasteiger partial charge in [-0.1, -0.05) is 26.0 Å². The minimum atomic E-state index is -0.590. The summed E-state index contributed by atoms with van der Waals surface area (Å²) < 4.78 is 5.47. The average Bonchev–Trinajstić information content (AvgIpc) is 2.83. The molecule has 1 heterocycles. The molecular weight excluding hydrogens is 228 g/mol. The molecule has 1 amide bonds. The topological polar surface area (TPSA) is 62.1 Å². The third-order valence-electron chi connectivity index (χ3n) is 3.26. The number of nitrogens with zero attached hydrogens (tertiary/aromatic N) is 1. The van der Waals surface area contributed by atoms with Crippen molar-refractivity contribution in [2.45, 2.75) is 25.7 Å². The number of nitrogens with one attached hydrogen (secondary N) is 1. The maximum atomic E-state index is 11.0. The van der Waals surface area contributed by atoms with E-state index in [1.807, 2.05) is 26.0 Å². The monoisotopic (exact) mass is 244 g/mol. The molecule has 0 bridgehead atoms. The first-order valence-corrected chi connectivity index (χ1v) is 5.97. The van der Waals surface area contributed by atoms with Gasteiger partial charge in [0.1, 0.15) is 5.75 Å². The highest BCUT2D eigenvalue weighted by Crippen LogP contribution is 2.31. The van der Waals surface area contributed by atoms with Crippen molar-refractivity contribution >= 4 is 5.91 Å². The number of amides is 1. The van der Waals surface area contributed by atoms with Crippen LogP contribution in [-0.4, -0.2) is 19.1 Å². The summed E-state index contributed by atoms with van der Waals surface area (Å²) in [4.78, 5) is 11.0. The highest BCUT2D eigenvalue weighted by atomic mass is 16.5. The first kappa shape index (κ1) is 12.4. The molecule has 1 aliphatic heterocycles. The molecule has 0 atom stereocenters. The third-order valence-corrected chi connectivity index (χ3v) is 3.26. The molecule has 0 aromatic heterocycles. The van der Waals surface area contributed by atoms with E-state index in [0.717, 1.165) is 24.3 Å². The number of carbonyl (C=O) groups is 1. The molecule has 0 unspecified atom stereocenters. The fourth-order valence-electron chi connectivity index (χ4n) is 2.05. The Bertz CT molecular complexity index is 515. The van der Waals surface area contributed by atoms with Crippen molar-refractivity contribution in [3.05, 3.63) is 29.3 Å². The Hall–Kier alpha value is -2.02. The fourth-order valence-corrected chi connectivity index (χ4v) is 2.05. The van der Waals surface area contributed by atoms with Crippen LogP contribution in [-0.2, 0) is 16.6 Å². The second-order valence-corrected chi connectivity index (χ2v) is 5.10. The molecule has 0 saturated carbocycles. The Morgan fingerprint density at radius 1 is 1.56 bits per heavy atom. The summed E-state index contributed by atoms with van der Waals surface area (Å²) in [5.74, 6) is 0.364. The molecule has 4 nitrogen and oxygen atoms in total. The van der Waals surface area contributed by atoms with E-state index in [9.17, 15) is 4.79 Å². The summed E-state index contributed by atoms with van der Waals surface area (Å²) in [6, 6.07) is 7.68. The Morgan fingerprint density at radius 3 is 3.06 bits per heavy atom. The Balaban J connectivity index is 2.14. The second kappa shape index (κ2) is 4.69. The van der Waals surface area contributed by atoms with E-state index in [-0.39, 0.29) is 5.41 Å². The van der Waals surface area contributed by atoms with Gasteiger partial charge < -0.3 is 10.1 Å². The molecule has 0 radical (unpaired) electrons. The Labute approximate surface area is 107 Å². The molecule has 2 rings (SSSR count). The maximum Gasteiger partial charge on any atom is 0.322 e. The molecule has 1 aromatic carbocycles. The number of hydrogen-bond acceptors (Lipinski definition) is 3. The van der Waals surface area contributed by atoms with Crippen molar-refractivity contribution in [2.75, 3.05) is 13.2 Å². The average molecular weight is 244 g/mol. The van der Waals surface area contributed by atoms with Crippen LogP contribution in [0.25, 0.3) is 0 Å². The lowest BCUT2D eigenvalue weighted by atomic mass is 9.83. The van der Waals surface area contributed by atoms with Crippen molar-refractivity contribution in [1.29, 1.82) is 5.26 Å². The molecule has 1 aromatic rings. The molecule has 4 heteroatoms. The van der Waals surface area contributed by atoms with E-state index in [0.29, 0.717) is 6.54 Å². The summed E-state index contributed by atoms with van der Waals surface area (Å²) in [5, 5.41) is 11.1. The van der Waals surface area contributed by atoms with Crippen LogP contribution >= 0.6 is 0 Å². The van der Waals surface area contributed by atoms with Crippen molar-refractivity contribution in [1.82, 2.24) is 5.32 Å². The maximum absolute atomic E-state index is 11.0. The van der Waals surface area contributed by atoms with Crippen LogP contribution in [0.1, 0.15) is 25.0 Å². The van der Waals surface area contributed by atoms with E-state index >= 15 is 0 Å². The number of ether oxygens (including phenoxy) is 1. The first-order chi connectivity index (χ1) is 8.53.